The highest BCUT2D eigenvalue weighted by Crippen LogP contribution is 2.23. The van der Waals surface area contributed by atoms with Crippen LogP contribution in [0.1, 0.15) is 0 Å². The number of aliphatic imine (C=N–C) groups is 1. The van der Waals surface area contributed by atoms with Gasteiger partial charge in [0, 0.05) is 37.0 Å². The lowest BCUT2D eigenvalue weighted by molar-refractivity contribution is 0.367. The van der Waals surface area contributed by atoms with E-state index >= 15 is 0 Å². The molecule has 0 aromatic carbocycles. The molecule has 0 aromatic heterocycles. The molecule has 66 valence electrons. The summed E-state index contributed by atoms with van der Waals surface area (Å²) >= 11 is 1.95. The predicted octanol–water partition coefficient (Wildman–Crippen LogP) is 1.25. The zero-order valence-electron chi connectivity index (χ0n) is 7.20. The van der Waals surface area contributed by atoms with E-state index in [9.17, 15) is 0 Å². The van der Waals surface area contributed by atoms with Crippen molar-refractivity contribution >= 4 is 17.5 Å². The highest BCUT2D eigenvalue weighted by Gasteiger charge is 2.29. The Kier molecular flexibility index (Phi) is 2.51. The van der Waals surface area contributed by atoms with Crippen LogP contribution in [-0.2, 0) is 0 Å². The second-order valence-corrected chi connectivity index (χ2v) is 4.33. The fourth-order valence-electron chi connectivity index (χ4n) is 1.81. The van der Waals surface area contributed by atoms with Crippen LogP contribution in [0.2, 0.25) is 0 Å². The van der Waals surface area contributed by atoms with Crippen molar-refractivity contribution in [1.29, 1.82) is 0 Å². The number of fused-ring (bicyclic) bond motifs is 1. The number of thioether (sulfide) groups is 1. The Morgan fingerprint density at radius 3 is 3.42 bits per heavy atom. The topological polar surface area (TPSA) is 15.6 Å². The fourth-order valence-corrected chi connectivity index (χ4v) is 2.76. The molecule has 1 unspecified atom stereocenters. The van der Waals surface area contributed by atoms with E-state index in [-0.39, 0.29) is 0 Å². The molecule has 0 N–H and O–H groups in total. The molecule has 0 amide bonds. The van der Waals surface area contributed by atoms with E-state index in [0.717, 1.165) is 24.9 Å². The van der Waals surface area contributed by atoms with Crippen molar-refractivity contribution in [3.8, 4) is 0 Å². The van der Waals surface area contributed by atoms with Gasteiger partial charge in [-0.2, -0.15) is 0 Å². The minimum absolute atomic E-state index is 0.740. The van der Waals surface area contributed by atoms with E-state index < -0.39 is 0 Å². The van der Waals surface area contributed by atoms with Gasteiger partial charge in [-0.05, 0) is 0 Å². The molecule has 2 aliphatic heterocycles. The van der Waals surface area contributed by atoms with Crippen LogP contribution in [0.25, 0.3) is 0 Å². The molecule has 2 heterocycles. The Bertz CT molecular complexity index is 213. The van der Waals surface area contributed by atoms with Crippen molar-refractivity contribution in [3.05, 3.63) is 12.7 Å². The molecule has 1 atom stereocenters. The Balaban J connectivity index is 1.99. The first-order valence-electron chi connectivity index (χ1n) is 4.34. The van der Waals surface area contributed by atoms with Gasteiger partial charge in [0.1, 0.15) is 0 Å². The number of nitrogens with zero attached hydrogens (tertiary/aromatic N) is 2. The lowest BCUT2D eigenvalue weighted by Gasteiger charge is -2.14. The van der Waals surface area contributed by atoms with Gasteiger partial charge in [-0.15, -0.1) is 18.3 Å². The van der Waals surface area contributed by atoms with Crippen molar-refractivity contribution in [1.82, 2.24) is 4.90 Å². The first-order chi connectivity index (χ1) is 5.90. The molecule has 0 spiro atoms. The monoisotopic (exact) mass is 182 g/mol. The summed E-state index contributed by atoms with van der Waals surface area (Å²) in [6.07, 6.45) is 1.98. The molecule has 0 aromatic rings. The van der Waals surface area contributed by atoms with E-state index in [1.807, 2.05) is 17.8 Å². The molecular weight excluding hydrogens is 168 g/mol. The molecule has 0 radical (unpaired) electrons. The summed E-state index contributed by atoms with van der Waals surface area (Å²) < 4.78 is 0. The quantitative estimate of drug-likeness (QED) is 0.597. The smallest absolute Gasteiger partial charge is 0.0844 e. The standard InChI is InChI=1S/C9H14N2S/c1-2-3-11-4-8-6-12-7-10-9(8)5-11/h2,8H,1,3-7H2. The SMILES string of the molecule is C=CCN1CC2=NCSCC2C1. The molecule has 2 nitrogen and oxygen atoms in total. The summed E-state index contributed by atoms with van der Waals surface area (Å²) in [5.74, 6) is 2.99. The molecule has 2 rings (SSSR count). The van der Waals surface area contributed by atoms with Crippen molar-refractivity contribution in [2.45, 2.75) is 0 Å². The first-order valence-corrected chi connectivity index (χ1v) is 5.50. The summed E-state index contributed by atoms with van der Waals surface area (Å²) in [5, 5.41) is 0. The number of hydrogen-bond acceptors (Lipinski definition) is 3. The van der Waals surface area contributed by atoms with Gasteiger partial charge in [-0.25, -0.2) is 0 Å². The molecule has 1 fully saturated rings. The van der Waals surface area contributed by atoms with Gasteiger partial charge in [0.25, 0.3) is 0 Å². The van der Waals surface area contributed by atoms with Crippen molar-refractivity contribution in [2.24, 2.45) is 10.9 Å². The van der Waals surface area contributed by atoms with E-state index in [0.29, 0.717) is 0 Å². The van der Waals surface area contributed by atoms with Crippen LogP contribution < -0.4 is 0 Å². The summed E-state index contributed by atoms with van der Waals surface area (Å²) in [6.45, 7) is 7.04. The van der Waals surface area contributed by atoms with Crippen LogP contribution in [0.5, 0.6) is 0 Å². The molecule has 3 heteroatoms. The molecule has 1 saturated heterocycles. The molecule has 0 bridgehead atoms. The molecule has 12 heavy (non-hydrogen) atoms. The third-order valence-electron chi connectivity index (χ3n) is 2.40. The minimum Gasteiger partial charge on any atom is -0.294 e. The van der Waals surface area contributed by atoms with E-state index in [1.54, 1.807) is 0 Å². The average molecular weight is 182 g/mol. The number of rotatable bonds is 2. The highest BCUT2D eigenvalue weighted by atomic mass is 32.2. The Morgan fingerprint density at radius 1 is 1.75 bits per heavy atom. The van der Waals surface area contributed by atoms with Gasteiger partial charge in [-0.3, -0.25) is 9.89 Å². The predicted molar refractivity (Wildman–Crippen MR) is 54.9 cm³/mol. The van der Waals surface area contributed by atoms with Crippen LogP contribution in [0, 0.1) is 5.92 Å². The van der Waals surface area contributed by atoms with Gasteiger partial charge in [-0.1, -0.05) is 6.08 Å². The maximum Gasteiger partial charge on any atom is 0.0844 e. The molecular formula is C9H14N2S. The Labute approximate surface area is 77.7 Å². The zero-order valence-corrected chi connectivity index (χ0v) is 8.02. The summed E-state index contributed by atoms with van der Waals surface area (Å²) in [5.41, 5.74) is 1.43. The van der Waals surface area contributed by atoms with Gasteiger partial charge >= 0.3 is 0 Å². The van der Waals surface area contributed by atoms with Crippen LogP contribution in [-0.4, -0.2) is 41.9 Å². The molecule has 0 saturated carbocycles. The number of hydrogen-bond donors (Lipinski definition) is 0. The van der Waals surface area contributed by atoms with Crippen molar-refractivity contribution in [2.75, 3.05) is 31.3 Å². The largest absolute Gasteiger partial charge is 0.294 e. The summed E-state index contributed by atoms with van der Waals surface area (Å²) in [4.78, 5) is 6.95. The van der Waals surface area contributed by atoms with Crippen LogP contribution in [0.4, 0.5) is 0 Å². The maximum atomic E-state index is 4.53. The van der Waals surface area contributed by atoms with E-state index in [2.05, 4.69) is 16.5 Å². The average Bonchev–Trinajstić information content (AvgIpc) is 2.47. The maximum absolute atomic E-state index is 4.53. The van der Waals surface area contributed by atoms with Gasteiger partial charge in [0.05, 0.1) is 5.88 Å². The lowest BCUT2D eigenvalue weighted by Crippen LogP contribution is -2.20. The molecule has 2 aliphatic rings. The first kappa shape index (κ1) is 8.32. The van der Waals surface area contributed by atoms with Crippen LogP contribution in [0.3, 0.4) is 0 Å². The molecule has 0 aliphatic carbocycles. The van der Waals surface area contributed by atoms with E-state index in [4.69, 9.17) is 0 Å². The van der Waals surface area contributed by atoms with Crippen LogP contribution in [0.15, 0.2) is 17.6 Å². The highest BCUT2D eigenvalue weighted by molar-refractivity contribution is 7.99. The van der Waals surface area contributed by atoms with Crippen molar-refractivity contribution in [3.63, 3.8) is 0 Å². The van der Waals surface area contributed by atoms with Gasteiger partial charge in [0.15, 0.2) is 0 Å². The third kappa shape index (κ3) is 1.57. The Morgan fingerprint density at radius 2 is 2.67 bits per heavy atom. The van der Waals surface area contributed by atoms with Gasteiger partial charge in [0.2, 0.25) is 0 Å². The second-order valence-electron chi connectivity index (χ2n) is 3.33. The second kappa shape index (κ2) is 3.62. The lowest BCUT2D eigenvalue weighted by atomic mass is 10.1. The van der Waals surface area contributed by atoms with Crippen LogP contribution >= 0.6 is 11.8 Å². The summed E-state index contributed by atoms with van der Waals surface area (Å²) in [7, 11) is 0. The summed E-state index contributed by atoms with van der Waals surface area (Å²) in [6, 6.07) is 0. The number of likely N-dealkylation sites (tertiary alicyclic amines) is 1. The van der Waals surface area contributed by atoms with E-state index in [1.165, 1.54) is 18.0 Å². The minimum atomic E-state index is 0.740. The van der Waals surface area contributed by atoms with Gasteiger partial charge < -0.3 is 0 Å². The fraction of sp³-hybridized carbons (Fsp3) is 0.667. The normalized spacial score (nSPS) is 29.7. The Hall–Kier alpha value is -0.280. The van der Waals surface area contributed by atoms with Crippen molar-refractivity contribution < 1.29 is 0 Å². The third-order valence-corrected chi connectivity index (χ3v) is 3.35. The zero-order chi connectivity index (χ0) is 8.39.